The van der Waals surface area contributed by atoms with E-state index in [9.17, 15) is 9.59 Å². The van der Waals surface area contributed by atoms with Crippen LogP contribution in [0.1, 0.15) is 65.9 Å². The Labute approximate surface area is 214 Å². The lowest BCUT2D eigenvalue weighted by molar-refractivity contribution is -0.136. The van der Waals surface area contributed by atoms with E-state index in [1.54, 1.807) is 27.7 Å². The molecule has 0 radical (unpaired) electrons. The van der Waals surface area contributed by atoms with Gasteiger partial charge in [0.1, 0.15) is 11.6 Å². The molecule has 1 aromatic heterocycles. The van der Waals surface area contributed by atoms with Crippen LogP contribution < -0.4 is 10.8 Å². The maximum absolute atomic E-state index is 12.3. The molecule has 2 aromatic carbocycles. The SMILES string of the molecule is CCCCCCn1cc(-c2cccc(CONC(=O)C(C)NC(=O)OC(C)(C)C)c2)c2ccccc21. The molecular weight excluding hydrogens is 454 g/mol. The predicted octanol–water partition coefficient (Wildman–Crippen LogP) is 6.35. The molecular formula is C29H39N3O4. The van der Waals surface area contributed by atoms with E-state index in [4.69, 9.17) is 9.57 Å². The molecule has 1 heterocycles. The molecule has 0 saturated heterocycles. The molecule has 0 aliphatic heterocycles. The summed E-state index contributed by atoms with van der Waals surface area (Å²) in [5.74, 6) is -0.455. The lowest BCUT2D eigenvalue weighted by atomic mass is 10.0. The minimum Gasteiger partial charge on any atom is -0.444 e. The van der Waals surface area contributed by atoms with E-state index in [0.717, 1.165) is 17.7 Å². The number of ether oxygens (including phenoxy) is 1. The van der Waals surface area contributed by atoms with Crippen molar-refractivity contribution in [1.82, 2.24) is 15.4 Å². The van der Waals surface area contributed by atoms with E-state index in [2.05, 4.69) is 64.9 Å². The third-order valence-electron chi connectivity index (χ3n) is 5.82. The minimum atomic E-state index is -0.797. The predicted molar refractivity (Wildman–Crippen MR) is 143 cm³/mol. The first kappa shape index (κ1) is 27.3. The topological polar surface area (TPSA) is 81.6 Å². The summed E-state index contributed by atoms with van der Waals surface area (Å²) in [5, 5.41) is 3.72. The van der Waals surface area contributed by atoms with Gasteiger partial charge in [0.05, 0.1) is 6.61 Å². The molecule has 0 aliphatic rings. The van der Waals surface area contributed by atoms with Gasteiger partial charge in [-0.3, -0.25) is 9.63 Å². The first-order valence-electron chi connectivity index (χ1n) is 12.8. The van der Waals surface area contributed by atoms with Gasteiger partial charge < -0.3 is 14.6 Å². The second-order valence-corrected chi connectivity index (χ2v) is 10.1. The Hall–Kier alpha value is -3.32. The second kappa shape index (κ2) is 12.6. The number of alkyl carbamates (subject to hydrolysis) is 1. The summed E-state index contributed by atoms with van der Waals surface area (Å²) in [4.78, 5) is 29.6. The fraction of sp³-hybridized carbons (Fsp3) is 0.448. The number of carbonyl (C=O) groups is 2. The number of nitrogens with zero attached hydrogens (tertiary/aromatic N) is 1. The highest BCUT2D eigenvalue weighted by atomic mass is 16.7. The zero-order valence-corrected chi connectivity index (χ0v) is 22.1. The molecule has 1 unspecified atom stereocenters. The van der Waals surface area contributed by atoms with Crippen LogP contribution in [-0.4, -0.2) is 28.2 Å². The van der Waals surface area contributed by atoms with Crippen LogP contribution in [-0.2, 0) is 27.5 Å². The second-order valence-electron chi connectivity index (χ2n) is 10.1. The molecule has 3 aromatic rings. The van der Waals surface area contributed by atoms with Crippen LogP contribution in [0.5, 0.6) is 0 Å². The Morgan fingerprint density at radius 3 is 2.56 bits per heavy atom. The standard InChI is InChI=1S/C29H39N3O4/c1-6-7-8-11-17-32-19-25(24-15-9-10-16-26(24)32)23-14-12-13-22(18-23)20-35-31-27(33)21(2)30-28(34)36-29(3,4)5/h9-10,12-16,18-19,21H,6-8,11,17,20H2,1-5H3,(H,30,34)(H,31,33). The monoisotopic (exact) mass is 493 g/mol. The van der Waals surface area contributed by atoms with Gasteiger partial charge in [-0.25, -0.2) is 10.3 Å². The molecule has 2 amide bonds. The van der Waals surface area contributed by atoms with Gasteiger partial charge in [-0.2, -0.15) is 0 Å². The van der Waals surface area contributed by atoms with Gasteiger partial charge in [0, 0.05) is 29.2 Å². The van der Waals surface area contributed by atoms with E-state index in [1.807, 2.05) is 12.1 Å². The molecule has 7 heteroatoms. The summed E-state index contributed by atoms with van der Waals surface area (Å²) in [6.45, 7) is 10.3. The molecule has 0 fully saturated rings. The average molecular weight is 494 g/mol. The van der Waals surface area contributed by atoms with E-state index in [-0.39, 0.29) is 6.61 Å². The minimum absolute atomic E-state index is 0.203. The first-order valence-corrected chi connectivity index (χ1v) is 12.8. The Bertz CT molecular complexity index is 1160. The highest BCUT2D eigenvalue weighted by molar-refractivity contribution is 5.96. The number of aromatic nitrogens is 1. The summed E-state index contributed by atoms with van der Waals surface area (Å²) in [6, 6.07) is 15.8. The smallest absolute Gasteiger partial charge is 0.408 e. The molecule has 0 spiro atoms. The third kappa shape index (κ3) is 7.85. The molecule has 1 atom stereocenters. The molecule has 194 valence electrons. The van der Waals surface area contributed by atoms with Crippen LogP contribution in [0, 0.1) is 0 Å². The number of amides is 2. The molecule has 3 rings (SSSR count). The highest BCUT2D eigenvalue weighted by Gasteiger charge is 2.21. The van der Waals surface area contributed by atoms with Crippen LogP contribution in [0.4, 0.5) is 4.79 Å². The van der Waals surface area contributed by atoms with Crippen molar-refractivity contribution in [3.8, 4) is 11.1 Å². The lowest BCUT2D eigenvalue weighted by Gasteiger charge is -2.21. The van der Waals surface area contributed by atoms with Gasteiger partial charge in [-0.15, -0.1) is 0 Å². The number of hydroxylamine groups is 1. The van der Waals surface area contributed by atoms with E-state index < -0.39 is 23.6 Å². The quantitative estimate of drug-likeness (QED) is 0.241. The number of hydrogen-bond donors (Lipinski definition) is 2. The fourth-order valence-electron chi connectivity index (χ4n) is 4.03. The Morgan fingerprint density at radius 1 is 1.03 bits per heavy atom. The van der Waals surface area contributed by atoms with E-state index in [1.165, 1.54) is 42.1 Å². The molecule has 2 N–H and O–H groups in total. The largest absolute Gasteiger partial charge is 0.444 e. The zero-order chi connectivity index (χ0) is 26.1. The summed E-state index contributed by atoms with van der Waals surface area (Å²) in [7, 11) is 0. The normalized spacial score (nSPS) is 12.4. The van der Waals surface area contributed by atoms with Gasteiger partial charge in [0.15, 0.2) is 0 Å². The number of aryl methyl sites for hydroxylation is 1. The summed E-state index contributed by atoms with van der Waals surface area (Å²) in [6.07, 6.45) is 6.49. The number of benzene rings is 2. The number of unbranched alkanes of at least 4 members (excludes halogenated alkanes) is 3. The highest BCUT2D eigenvalue weighted by Crippen LogP contribution is 2.31. The van der Waals surface area contributed by atoms with Crippen molar-refractivity contribution < 1.29 is 19.2 Å². The van der Waals surface area contributed by atoms with Gasteiger partial charge >= 0.3 is 6.09 Å². The van der Waals surface area contributed by atoms with Crippen molar-refractivity contribution in [1.29, 1.82) is 0 Å². The third-order valence-corrected chi connectivity index (χ3v) is 5.82. The van der Waals surface area contributed by atoms with E-state index >= 15 is 0 Å². The van der Waals surface area contributed by atoms with E-state index in [0.29, 0.717) is 0 Å². The fourth-order valence-corrected chi connectivity index (χ4v) is 4.03. The number of rotatable bonds is 11. The van der Waals surface area contributed by atoms with Crippen molar-refractivity contribution in [2.75, 3.05) is 0 Å². The van der Waals surface area contributed by atoms with Crippen LogP contribution >= 0.6 is 0 Å². The lowest BCUT2D eigenvalue weighted by Crippen LogP contribution is -2.46. The van der Waals surface area contributed by atoms with Gasteiger partial charge in [-0.1, -0.05) is 62.6 Å². The van der Waals surface area contributed by atoms with Crippen molar-refractivity contribution in [3.05, 3.63) is 60.3 Å². The molecule has 0 bridgehead atoms. The number of para-hydroxylation sites is 1. The van der Waals surface area contributed by atoms with Crippen LogP contribution in [0.3, 0.4) is 0 Å². The van der Waals surface area contributed by atoms with Crippen molar-refractivity contribution >= 4 is 22.9 Å². The van der Waals surface area contributed by atoms with Crippen LogP contribution in [0.15, 0.2) is 54.7 Å². The maximum Gasteiger partial charge on any atom is 0.408 e. The number of hydrogen-bond acceptors (Lipinski definition) is 4. The Kier molecular flexibility index (Phi) is 9.53. The van der Waals surface area contributed by atoms with Crippen molar-refractivity contribution in [2.24, 2.45) is 0 Å². The molecule has 0 saturated carbocycles. The molecule has 7 nitrogen and oxygen atoms in total. The molecule has 0 aliphatic carbocycles. The Morgan fingerprint density at radius 2 is 1.81 bits per heavy atom. The van der Waals surface area contributed by atoms with Crippen molar-refractivity contribution in [2.45, 2.75) is 85.1 Å². The maximum atomic E-state index is 12.3. The number of nitrogens with one attached hydrogen (secondary N) is 2. The zero-order valence-electron chi connectivity index (χ0n) is 22.1. The average Bonchev–Trinajstić information content (AvgIpc) is 3.19. The van der Waals surface area contributed by atoms with Gasteiger partial charge in [-0.05, 0) is 57.4 Å². The van der Waals surface area contributed by atoms with Crippen molar-refractivity contribution in [3.63, 3.8) is 0 Å². The molecule has 36 heavy (non-hydrogen) atoms. The van der Waals surface area contributed by atoms with Gasteiger partial charge in [0.25, 0.3) is 5.91 Å². The first-order chi connectivity index (χ1) is 17.2. The van der Waals surface area contributed by atoms with Crippen LogP contribution in [0.2, 0.25) is 0 Å². The summed E-state index contributed by atoms with van der Waals surface area (Å²) in [5.41, 5.74) is 6.23. The summed E-state index contributed by atoms with van der Waals surface area (Å²) < 4.78 is 7.53. The van der Waals surface area contributed by atoms with Crippen LogP contribution in [0.25, 0.3) is 22.0 Å². The number of carbonyl (C=O) groups excluding carboxylic acids is 2. The number of fused-ring (bicyclic) bond motifs is 1. The Balaban J connectivity index is 1.62. The van der Waals surface area contributed by atoms with Gasteiger partial charge in [0.2, 0.25) is 0 Å². The summed E-state index contributed by atoms with van der Waals surface area (Å²) >= 11 is 0.